The zero-order valence-corrected chi connectivity index (χ0v) is 18.7. The molecule has 2 fully saturated rings. The van der Waals surface area contributed by atoms with Crippen molar-refractivity contribution in [3.63, 3.8) is 0 Å². The minimum Gasteiger partial charge on any atom is -0.391 e. The minimum atomic E-state index is -0.334. The van der Waals surface area contributed by atoms with Crippen molar-refractivity contribution in [2.45, 2.75) is 43.2 Å². The molecule has 1 saturated carbocycles. The van der Waals surface area contributed by atoms with Crippen molar-refractivity contribution in [1.82, 2.24) is 24.7 Å². The molecule has 2 N–H and O–H groups in total. The number of likely N-dealkylation sites (N-methyl/N-ethyl adjacent to an activating group) is 1. The number of aliphatic hydroxyl groups is 1. The van der Waals surface area contributed by atoms with Gasteiger partial charge < -0.3 is 19.9 Å². The molecule has 2 aliphatic rings. The second-order valence-electron chi connectivity index (χ2n) is 9.24. The molecular formula is C24H35N5O2. The molecule has 0 unspecified atom stereocenters. The number of piperazine rings is 1. The smallest absolute Gasteiger partial charge is 0.287 e. The average molecular weight is 426 g/mol. The summed E-state index contributed by atoms with van der Waals surface area (Å²) >= 11 is 0. The molecule has 1 aliphatic carbocycles. The fourth-order valence-corrected chi connectivity index (χ4v) is 5.21. The Bertz CT molecular complexity index is 862. The zero-order valence-electron chi connectivity index (χ0n) is 18.7. The monoisotopic (exact) mass is 425 g/mol. The normalized spacial score (nSPS) is 28.2. The molecule has 4 rings (SSSR count). The van der Waals surface area contributed by atoms with Gasteiger partial charge in [-0.2, -0.15) is 0 Å². The number of rotatable bonds is 5. The SMILES string of the molecule is CN1CCN([C@H]2CC[C@](CNC(=O)c3nccn3C)(c3ccccc3)CC[C@@H]2O)CC1. The van der Waals surface area contributed by atoms with Gasteiger partial charge in [0.05, 0.1) is 6.10 Å². The van der Waals surface area contributed by atoms with Crippen molar-refractivity contribution in [2.75, 3.05) is 39.8 Å². The number of imidazole rings is 1. The summed E-state index contributed by atoms with van der Waals surface area (Å²) in [5, 5.41) is 14.2. The van der Waals surface area contributed by atoms with Crippen LogP contribution in [0.15, 0.2) is 42.7 Å². The fraction of sp³-hybridized carbons (Fsp3) is 0.583. The second-order valence-corrected chi connectivity index (χ2v) is 9.24. The molecule has 1 aromatic carbocycles. The maximum Gasteiger partial charge on any atom is 0.287 e. The second kappa shape index (κ2) is 9.51. The fourth-order valence-electron chi connectivity index (χ4n) is 5.21. The number of benzene rings is 1. The molecular weight excluding hydrogens is 390 g/mol. The molecule has 2 aromatic rings. The van der Waals surface area contributed by atoms with Crippen molar-refractivity contribution in [1.29, 1.82) is 0 Å². The molecule has 3 atom stereocenters. The number of hydrogen-bond acceptors (Lipinski definition) is 5. The lowest BCUT2D eigenvalue weighted by Gasteiger charge is -2.39. The van der Waals surface area contributed by atoms with Crippen LogP contribution in [-0.4, -0.2) is 82.3 Å². The summed E-state index contributed by atoms with van der Waals surface area (Å²) in [6.45, 7) is 4.66. The number of carbonyl (C=O) groups excluding carboxylic acids is 1. The predicted molar refractivity (Wildman–Crippen MR) is 121 cm³/mol. The van der Waals surface area contributed by atoms with Crippen molar-refractivity contribution >= 4 is 5.91 Å². The predicted octanol–water partition coefficient (Wildman–Crippen LogP) is 1.64. The lowest BCUT2D eigenvalue weighted by molar-refractivity contribution is 0.0200. The number of aromatic nitrogens is 2. The van der Waals surface area contributed by atoms with E-state index in [1.165, 1.54) is 5.56 Å². The summed E-state index contributed by atoms with van der Waals surface area (Å²) in [5.74, 6) is 0.274. The molecule has 1 aromatic heterocycles. The molecule has 1 aliphatic heterocycles. The van der Waals surface area contributed by atoms with Gasteiger partial charge in [0.2, 0.25) is 0 Å². The Morgan fingerprint density at radius 1 is 1.13 bits per heavy atom. The molecule has 0 radical (unpaired) electrons. The van der Waals surface area contributed by atoms with E-state index >= 15 is 0 Å². The number of hydrogen-bond donors (Lipinski definition) is 2. The van der Waals surface area contributed by atoms with Crippen LogP contribution in [0.1, 0.15) is 41.9 Å². The summed E-state index contributed by atoms with van der Waals surface area (Å²) in [6, 6.07) is 10.7. The molecule has 31 heavy (non-hydrogen) atoms. The number of nitrogens with zero attached hydrogens (tertiary/aromatic N) is 4. The van der Waals surface area contributed by atoms with E-state index in [-0.39, 0.29) is 23.5 Å². The Morgan fingerprint density at radius 3 is 2.52 bits per heavy atom. The highest BCUT2D eigenvalue weighted by molar-refractivity contribution is 5.90. The van der Waals surface area contributed by atoms with Crippen LogP contribution < -0.4 is 5.32 Å². The Kier molecular flexibility index (Phi) is 6.74. The number of aryl methyl sites for hydroxylation is 1. The summed E-state index contributed by atoms with van der Waals surface area (Å²) in [4.78, 5) is 21.8. The van der Waals surface area contributed by atoms with Gasteiger partial charge in [-0.15, -0.1) is 0 Å². The highest BCUT2D eigenvalue weighted by Gasteiger charge is 2.40. The minimum absolute atomic E-state index is 0.150. The van der Waals surface area contributed by atoms with Gasteiger partial charge in [0.1, 0.15) is 0 Å². The van der Waals surface area contributed by atoms with E-state index in [1.807, 2.05) is 13.1 Å². The average Bonchev–Trinajstić information content (AvgIpc) is 3.15. The van der Waals surface area contributed by atoms with E-state index in [4.69, 9.17) is 0 Å². The first-order chi connectivity index (χ1) is 15.0. The van der Waals surface area contributed by atoms with Crippen LogP contribution in [0.5, 0.6) is 0 Å². The first-order valence-corrected chi connectivity index (χ1v) is 11.4. The van der Waals surface area contributed by atoms with Gasteiger partial charge in [0.25, 0.3) is 5.91 Å². The summed E-state index contributed by atoms with van der Waals surface area (Å²) in [6.07, 6.45) is 6.55. The largest absolute Gasteiger partial charge is 0.391 e. The van der Waals surface area contributed by atoms with Gasteiger partial charge in [-0.25, -0.2) is 4.98 Å². The lowest BCUT2D eigenvalue weighted by atomic mass is 9.74. The summed E-state index contributed by atoms with van der Waals surface area (Å²) < 4.78 is 1.74. The van der Waals surface area contributed by atoms with Crippen LogP contribution in [0, 0.1) is 0 Å². The van der Waals surface area contributed by atoms with Gasteiger partial charge in [-0.05, 0) is 38.3 Å². The topological polar surface area (TPSA) is 73.6 Å². The maximum absolute atomic E-state index is 12.8. The van der Waals surface area contributed by atoms with Gasteiger partial charge in [0.15, 0.2) is 5.82 Å². The maximum atomic E-state index is 12.8. The molecule has 0 bridgehead atoms. The van der Waals surface area contributed by atoms with Crippen molar-refractivity contribution in [3.05, 3.63) is 54.1 Å². The molecule has 0 spiro atoms. The third-order valence-corrected chi connectivity index (χ3v) is 7.29. The Morgan fingerprint density at radius 2 is 1.84 bits per heavy atom. The van der Waals surface area contributed by atoms with Crippen LogP contribution in [-0.2, 0) is 12.5 Å². The number of carbonyl (C=O) groups is 1. The van der Waals surface area contributed by atoms with Crippen LogP contribution in [0.25, 0.3) is 0 Å². The van der Waals surface area contributed by atoms with Crippen LogP contribution in [0.3, 0.4) is 0 Å². The third-order valence-electron chi connectivity index (χ3n) is 7.29. The van der Waals surface area contributed by atoms with Crippen molar-refractivity contribution < 1.29 is 9.90 Å². The first kappa shape index (κ1) is 22.0. The van der Waals surface area contributed by atoms with Crippen LogP contribution >= 0.6 is 0 Å². The van der Waals surface area contributed by atoms with E-state index in [1.54, 1.807) is 17.0 Å². The van der Waals surface area contributed by atoms with E-state index in [0.29, 0.717) is 12.4 Å². The van der Waals surface area contributed by atoms with Crippen molar-refractivity contribution in [2.24, 2.45) is 7.05 Å². The third kappa shape index (κ3) is 4.84. The molecule has 1 amide bonds. The number of amides is 1. The zero-order chi connectivity index (χ0) is 21.8. The quantitative estimate of drug-likeness (QED) is 0.713. The van der Waals surface area contributed by atoms with Gasteiger partial charge in [-0.3, -0.25) is 9.69 Å². The van der Waals surface area contributed by atoms with Crippen LogP contribution in [0.4, 0.5) is 0 Å². The highest BCUT2D eigenvalue weighted by Crippen LogP contribution is 2.39. The highest BCUT2D eigenvalue weighted by atomic mass is 16.3. The van der Waals surface area contributed by atoms with Crippen molar-refractivity contribution in [3.8, 4) is 0 Å². The summed E-state index contributed by atoms with van der Waals surface area (Å²) in [7, 11) is 3.99. The lowest BCUT2D eigenvalue weighted by Crippen LogP contribution is -2.52. The van der Waals surface area contributed by atoms with E-state index in [9.17, 15) is 9.90 Å². The Balaban J connectivity index is 1.52. The number of nitrogens with one attached hydrogen (secondary N) is 1. The molecule has 7 nitrogen and oxygen atoms in total. The van der Waals surface area contributed by atoms with E-state index in [0.717, 1.165) is 51.9 Å². The molecule has 168 valence electrons. The molecule has 2 heterocycles. The van der Waals surface area contributed by atoms with Crippen LogP contribution in [0.2, 0.25) is 0 Å². The number of aliphatic hydroxyl groups excluding tert-OH is 1. The first-order valence-electron chi connectivity index (χ1n) is 11.4. The van der Waals surface area contributed by atoms with Gasteiger partial charge in [0, 0.05) is 63.6 Å². The van der Waals surface area contributed by atoms with Gasteiger partial charge >= 0.3 is 0 Å². The standard InChI is InChI=1S/C24H35N5O2/c1-27-14-16-29(17-15-27)20-8-10-24(11-9-21(20)30,19-6-4-3-5-7-19)18-26-23(31)22-25-12-13-28(22)2/h3-7,12-13,20-21,30H,8-11,14-18H2,1-2H3,(H,26,31)/t20-,21-,24-/m0/s1. The van der Waals surface area contributed by atoms with Gasteiger partial charge in [-0.1, -0.05) is 30.3 Å². The summed E-state index contributed by atoms with van der Waals surface area (Å²) in [5.41, 5.74) is 1.05. The van der Waals surface area contributed by atoms with E-state index < -0.39 is 0 Å². The Hall–Kier alpha value is -2.22. The Labute approximate surface area is 185 Å². The van der Waals surface area contributed by atoms with E-state index in [2.05, 4.69) is 51.4 Å². The molecule has 1 saturated heterocycles. The molecule has 7 heteroatoms.